The Balaban J connectivity index is 1.85. The summed E-state index contributed by atoms with van der Waals surface area (Å²) in [6.07, 6.45) is 7.18. The van der Waals surface area contributed by atoms with Crippen LogP contribution in [-0.2, 0) is 25.1 Å². The molecule has 1 aliphatic carbocycles. The van der Waals surface area contributed by atoms with Gasteiger partial charge in [-0.05, 0) is 37.3 Å². The van der Waals surface area contributed by atoms with Gasteiger partial charge in [-0.1, -0.05) is 6.07 Å². The number of aromatic nitrogens is 3. The van der Waals surface area contributed by atoms with Crippen LogP contribution < -0.4 is 5.69 Å². The second kappa shape index (κ2) is 7.07. The molecule has 0 saturated heterocycles. The Labute approximate surface area is 133 Å². The zero-order chi connectivity index (χ0) is 15.4. The lowest BCUT2D eigenvalue weighted by Gasteiger charge is -2.13. The highest BCUT2D eigenvalue weighted by molar-refractivity contribution is 7.98. The number of hydrogen-bond acceptors (Lipinski definition) is 5. The highest BCUT2D eigenvalue weighted by atomic mass is 32.2. The first-order valence-electron chi connectivity index (χ1n) is 7.54. The maximum Gasteiger partial charge on any atom is 0.348 e. The van der Waals surface area contributed by atoms with Gasteiger partial charge in [0.25, 0.3) is 0 Å². The molecule has 0 aliphatic heterocycles. The molecule has 1 aliphatic rings. The number of nitrogens with zero attached hydrogens (tertiary/aromatic N) is 3. The molecule has 0 unspecified atom stereocenters. The van der Waals surface area contributed by atoms with Crippen molar-refractivity contribution in [3.8, 4) is 0 Å². The minimum Gasteiger partial charge on any atom is -0.396 e. The Kier molecular flexibility index (Phi) is 4.90. The molecular weight excluding hydrogens is 298 g/mol. The van der Waals surface area contributed by atoms with Gasteiger partial charge in [-0.15, -0.1) is 11.8 Å². The Morgan fingerprint density at radius 1 is 1.36 bits per heavy atom. The van der Waals surface area contributed by atoms with Crippen molar-refractivity contribution in [1.82, 2.24) is 14.5 Å². The van der Waals surface area contributed by atoms with Crippen molar-refractivity contribution in [2.75, 3.05) is 6.61 Å². The van der Waals surface area contributed by atoms with Crippen LogP contribution in [0.2, 0.25) is 0 Å². The monoisotopic (exact) mass is 317 g/mol. The minimum atomic E-state index is -0.192. The summed E-state index contributed by atoms with van der Waals surface area (Å²) in [5, 5.41) is 9.85. The zero-order valence-electron chi connectivity index (χ0n) is 12.4. The lowest BCUT2D eigenvalue weighted by Crippen LogP contribution is -2.27. The van der Waals surface area contributed by atoms with Crippen LogP contribution in [0.1, 0.15) is 29.7 Å². The van der Waals surface area contributed by atoms with Gasteiger partial charge in [0.15, 0.2) is 0 Å². The van der Waals surface area contributed by atoms with Crippen LogP contribution in [0, 0.1) is 0 Å². The molecule has 3 rings (SSSR count). The predicted octanol–water partition coefficient (Wildman–Crippen LogP) is 1.80. The van der Waals surface area contributed by atoms with E-state index >= 15 is 0 Å². The third-order valence-electron chi connectivity index (χ3n) is 3.84. The van der Waals surface area contributed by atoms with Crippen LogP contribution in [0.15, 0.2) is 34.3 Å². The third-order valence-corrected chi connectivity index (χ3v) is 4.93. The van der Waals surface area contributed by atoms with E-state index in [9.17, 15) is 4.79 Å². The number of aliphatic hydroxyl groups is 1. The molecule has 22 heavy (non-hydrogen) atoms. The van der Waals surface area contributed by atoms with E-state index in [2.05, 4.69) is 9.97 Å². The van der Waals surface area contributed by atoms with E-state index in [4.69, 9.17) is 5.11 Å². The highest BCUT2D eigenvalue weighted by Crippen LogP contribution is 2.30. The van der Waals surface area contributed by atoms with Crippen molar-refractivity contribution >= 4 is 11.8 Å². The smallest absolute Gasteiger partial charge is 0.348 e. The number of fused-ring (bicyclic) bond motifs is 1. The van der Waals surface area contributed by atoms with E-state index < -0.39 is 0 Å². The fraction of sp³-hybridized carbons (Fsp3) is 0.438. The summed E-state index contributed by atoms with van der Waals surface area (Å²) >= 11 is 1.61. The molecule has 0 saturated carbocycles. The Hall–Kier alpha value is -1.66. The molecule has 2 aromatic rings. The maximum absolute atomic E-state index is 12.3. The first-order valence-corrected chi connectivity index (χ1v) is 8.53. The average Bonchev–Trinajstić information content (AvgIpc) is 3.02. The average molecular weight is 317 g/mol. The van der Waals surface area contributed by atoms with Crippen molar-refractivity contribution in [3.63, 3.8) is 0 Å². The van der Waals surface area contributed by atoms with Crippen LogP contribution in [0.5, 0.6) is 0 Å². The Morgan fingerprint density at radius 3 is 3.05 bits per heavy atom. The molecule has 2 aromatic heterocycles. The lowest BCUT2D eigenvalue weighted by atomic mass is 10.2. The van der Waals surface area contributed by atoms with Crippen LogP contribution in [-0.4, -0.2) is 26.2 Å². The van der Waals surface area contributed by atoms with E-state index in [0.29, 0.717) is 13.0 Å². The van der Waals surface area contributed by atoms with Gasteiger partial charge >= 0.3 is 5.69 Å². The summed E-state index contributed by atoms with van der Waals surface area (Å²) in [5.74, 6) is 0.771. The van der Waals surface area contributed by atoms with Gasteiger partial charge < -0.3 is 5.11 Å². The SMILES string of the molecule is O=c1nc(SCc2cccnc2)c2c(n1CCCO)CCC2. The number of aliphatic hydroxyl groups excluding tert-OH is 1. The standard InChI is InChI=1S/C16H19N3O2S/c20-9-3-8-19-14-6-1-5-13(14)15(18-16(19)21)22-11-12-4-2-7-17-10-12/h2,4,7,10,20H,1,3,5-6,8-9,11H2. The molecule has 0 bridgehead atoms. The van der Waals surface area contributed by atoms with Crippen molar-refractivity contribution < 1.29 is 5.11 Å². The molecule has 0 atom stereocenters. The summed E-state index contributed by atoms with van der Waals surface area (Å²) in [7, 11) is 0. The molecule has 0 fully saturated rings. The van der Waals surface area contributed by atoms with E-state index in [1.807, 2.05) is 18.3 Å². The Bertz CT molecular complexity index is 701. The summed E-state index contributed by atoms with van der Waals surface area (Å²) < 4.78 is 1.74. The van der Waals surface area contributed by atoms with Gasteiger partial charge in [0.1, 0.15) is 5.03 Å². The maximum atomic E-state index is 12.3. The molecule has 0 aromatic carbocycles. The van der Waals surface area contributed by atoms with Crippen molar-refractivity contribution in [2.24, 2.45) is 0 Å². The van der Waals surface area contributed by atoms with Crippen molar-refractivity contribution in [2.45, 2.75) is 43.0 Å². The number of pyridine rings is 1. The number of rotatable bonds is 6. The van der Waals surface area contributed by atoms with E-state index in [1.54, 1.807) is 22.5 Å². The predicted molar refractivity (Wildman–Crippen MR) is 86.0 cm³/mol. The van der Waals surface area contributed by atoms with Gasteiger partial charge in [-0.2, -0.15) is 4.98 Å². The van der Waals surface area contributed by atoms with Gasteiger partial charge in [0.2, 0.25) is 0 Å². The van der Waals surface area contributed by atoms with Crippen LogP contribution in [0.3, 0.4) is 0 Å². The normalized spacial score (nSPS) is 13.3. The molecular formula is C16H19N3O2S. The van der Waals surface area contributed by atoms with Crippen LogP contribution in [0.25, 0.3) is 0 Å². The van der Waals surface area contributed by atoms with Crippen LogP contribution in [0.4, 0.5) is 0 Å². The summed E-state index contributed by atoms with van der Waals surface area (Å²) in [5.41, 5.74) is 3.27. The second-order valence-electron chi connectivity index (χ2n) is 5.36. The third kappa shape index (κ3) is 3.23. The molecule has 6 heteroatoms. The molecule has 0 radical (unpaired) electrons. The van der Waals surface area contributed by atoms with E-state index in [0.717, 1.165) is 41.3 Å². The molecule has 2 heterocycles. The van der Waals surface area contributed by atoms with Crippen LogP contribution >= 0.6 is 11.8 Å². The molecule has 1 N–H and O–H groups in total. The number of thioether (sulfide) groups is 1. The molecule has 0 amide bonds. The Morgan fingerprint density at radius 2 is 2.27 bits per heavy atom. The summed E-state index contributed by atoms with van der Waals surface area (Å²) in [4.78, 5) is 20.7. The quantitative estimate of drug-likeness (QED) is 0.650. The first kappa shape index (κ1) is 15.2. The van der Waals surface area contributed by atoms with E-state index in [1.165, 1.54) is 5.56 Å². The minimum absolute atomic E-state index is 0.0960. The van der Waals surface area contributed by atoms with E-state index in [-0.39, 0.29) is 12.3 Å². The summed E-state index contributed by atoms with van der Waals surface area (Å²) in [6, 6.07) is 3.95. The molecule has 5 nitrogen and oxygen atoms in total. The molecule has 0 spiro atoms. The van der Waals surface area contributed by atoms with Gasteiger partial charge in [-0.3, -0.25) is 9.55 Å². The van der Waals surface area contributed by atoms with Gasteiger partial charge in [0, 0.05) is 42.6 Å². The first-order chi connectivity index (χ1) is 10.8. The number of hydrogen-bond donors (Lipinski definition) is 1. The fourth-order valence-electron chi connectivity index (χ4n) is 2.80. The van der Waals surface area contributed by atoms with Crippen molar-refractivity contribution in [1.29, 1.82) is 0 Å². The van der Waals surface area contributed by atoms with Gasteiger partial charge in [-0.25, -0.2) is 4.79 Å². The van der Waals surface area contributed by atoms with Gasteiger partial charge in [0.05, 0.1) is 0 Å². The lowest BCUT2D eigenvalue weighted by molar-refractivity contribution is 0.277. The highest BCUT2D eigenvalue weighted by Gasteiger charge is 2.21. The largest absolute Gasteiger partial charge is 0.396 e. The second-order valence-corrected chi connectivity index (χ2v) is 6.32. The topological polar surface area (TPSA) is 68.0 Å². The van der Waals surface area contributed by atoms with Crippen molar-refractivity contribution in [3.05, 3.63) is 51.8 Å². The zero-order valence-corrected chi connectivity index (χ0v) is 13.2. The molecule has 116 valence electrons. The fourth-order valence-corrected chi connectivity index (χ4v) is 3.81. The summed E-state index contributed by atoms with van der Waals surface area (Å²) in [6.45, 7) is 0.650.